The number of aliphatic hydroxyl groups excluding tert-OH is 1. The van der Waals surface area contributed by atoms with Gasteiger partial charge < -0.3 is 26.7 Å². The molecule has 1 unspecified atom stereocenters. The highest BCUT2D eigenvalue weighted by molar-refractivity contribution is 5.99. The van der Waals surface area contributed by atoms with Crippen molar-refractivity contribution in [1.82, 2.24) is 4.98 Å². The van der Waals surface area contributed by atoms with Gasteiger partial charge in [0, 0.05) is 27.7 Å². The van der Waals surface area contributed by atoms with E-state index in [4.69, 9.17) is 32.5 Å². The summed E-state index contributed by atoms with van der Waals surface area (Å²) in [7, 11) is 0. The average Bonchev–Trinajstić information content (AvgIpc) is 3.05. The molecular formula is C19H21N5O3. The van der Waals surface area contributed by atoms with Crippen LogP contribution in [0.2, 0.25) is 0 Å². The van der Waals surface area contributed by atoms with E-state index in [1.165, 1.54) is 6.92 Å². The van der Waals surface area contributed by atoms with Crippen LogP contribution in [0.5, 0.6) is 0 Å². The van der Waals surface area contributed by atoms with E-state index in [0.29, 0.717) is 11.1 Å². The van der Waals surface area contributed by atoms with E-state index in [2.05, 4.69) is 4.98 Å². The number of rotatable bonds is 4. The number of nitrogens with one attached hydrogen (secondary N) is 3. The fraction of sp³-hybridized carbons (Fsp3) is 0.105. The van der Waals surface area contributed by atoms with Crippen LogP contribution in [0.15, 0.2) is 48.5 Å². The monoisotopic (exact) mass is 367 g/mol. The third-order valence-corrected chi connectivity index (χ3v) is 3.80. The van der Waals surface area contributed by atoms with E-state index in [-0.39, 0.29) is 11.7 Å². The summed E-state index contributed by atoms with van der Waals surface area (Å²) in [5.74, 6) is -1.07. The fourth-order valence-corrected chi connectivity index (χ4v) is 2.28. The maximum Gasteiger partial charge on any atom is 0.332 e. The van der Waals surface area contributed by atoms with Gasteiger partial charge in [-0.3, -0.25) is 10.8 Å². The first-order valence-electron chi connectivity index (χ1n) is 8.02. The third kappa shape index (κ3) is 4.93. The summed E-state index contributed by atoms with van der Waals surface area (Å²) in [4.78, 5) is 12.8. The molecule has 1 heterocycles. The van der Waals surface area contributed by atoms with Crippen molar-refractivity contribution in [1.29, 1.82) is 10.8 Å². The predicted molar refractivity (Wildman–Crippen MR) is 105 cm³/mol. The minimum absolute atomic E-state index is 0.0545. The molecule has 0 fully saturated rings. The Labute approximate surface area is 155 Å². The van der Waals surface area contributed by atoms with Gasteiger partial charge in [-0.15, -0.1) is 0 Å². The molecule has 0 saturated carbocycles. The summed E-state index contributed by atoms with van der Waals surface area (Å²) in [6.45, 7) is 1.20. The topological polar surface area (TPSA) is 173 Å². The zero-order chi connectivity index (χ0) is 20.1. The van der Waals surface area contributed by atoms with Crippen LogP contribution in [0, 0.1) is 10.8 Å². The molecule has 0 radical (unpaired) electrons. The van der Waals surface area contributed by atoms with Crippen molar-refractivity contribution in [3.63, 3.8) is 0 Å². The number of benzene rings is 2. The van der Waals surface area contributed by atoms with Gasteiger partial charge in [-0.1, -0.05) is 36.4 Å². The van der Waals surface area contributed by atoms with Crippen LogP contribution < -0.4 is 11.5 Å². The minimum Gasteiger partial charge on any atom is -0.479 e. The first-order chi connectivity index (χ1) is 12.7. The lowest BCUT2D eigenvalue weighted by atomic mass is 10.1. The Hall–Kier alpha value is -3.65. The summed E-state index contributed by atoms with van der Waals surface area (Å²) >= 11 is 0. The van der Waals surface area contributed by atoms with E-state index in [1.54, 1.807) is 0 Å². The van der Waals surface area contributed by atoms with Crippen LogP contribution >= 0.6 is 0 Å². The lowest BCUT2D eigenvalue weighted by Crippen LogP contribution is -2.13. The molecule has 1 atom stereocenters. The van der Waals surface area contributed by atoms with Gasteiger partial charge in [-0.05, 0) is 24.6 Å². The van der Waals surface area contributed by atoms with Crippen LogP contribution in [0.4, 0.5) is 0 Å². The number of hydrogen-bond acceptors (Lipinski definition) is 4. The predicted octanol–water partition coefficient (Wildman–Crippen LogP) is 1.85. The van der Waals surface area contributed by atoms with Crippen molar-refractivity contribution >= 4 is 28.5 Å². The number of carboxylic acid groups (broad SMARTS) is 1. The summed E-state index contributed by atoms with van der Waals surface area (Å²) in [5, 5.41) is 31.7. The molecule has 1 aromatic heterocycles. The number of hydrogen-bond donors (Lipinski definition) is 7. The number of fused-ring (bicyclic) bond motifs is 1. The molecule has 8 heteroatoms. The molecule has 0 amide bonds. The molecule has 2 aromatic carbocycles. The number of aromatic nitrogens is 1. The smallest absolute Gasteiger partial charge is 0.332 e. The van der Waals surface area contributed by atoms with Gasteiger partial charge in [0.2, 0.25) is 0 Å². The molecule has 0 spiro atoms. The Morgan fingerprint density at radius 2 is 1.52 bits per heavy atom. The maximum atomic E-state index is 9.45. The van der Waals surface area contributed by atoms with Gasteiger partial charge in [0.05, 0.1) is 0 Å². The minimum atomic E-state index is -1.23. The molecule has 3 rings (SSSR count). The Morgan fingerprint density at radius 1 is 1.00 bits per heavy atom. The molecule has 0 aliphatic carbocycles. The molecule has 140 valence electrons. The van der Waals surface area contributed by atoms with Crippen LogP contribution in [-0.4, -0.2) is 38.9 Å². The Balaban J connectivity index is 0.000000380. The van der Waals surface area contributed by atoms with E-state index in [9.17, 15) is 4.79 Å². The summed E-state index contributed by atoms with van der Waals surface area (Å²) < 4.78 is 0. The number of H-pyrrole nitrogens is 1. The SMILES string of the molecule is CC(O)C(=O)O.N=C(N)c1ccc(-c2cc3ccc(C(=N)N)cc3[nH]2)cc1. The average molecular weight is 367 g/mol. The number of aromatic amines is 1. The number of carbonyl (C=O) groups is 1. The Bertz CT molecular complexity index is 990. The number of amidine groups is 2. The molecule has 0 saturated heterocycles. The van der Waals surface area contributed by atoms with Crippen LogP contribution in [0.1, 0.15) is 18.1 Å². The summed E-state index contributed by atoms with van der Waals surface area (Å²) in [6, 6.07) is 15.2. The molecule has 3 aromatic rings. The van der Waals surface area contributed by atoms with Crippen molar-refractivity contribution < 1.29 is 15.0 Å². The van der Waals surface area contributed by atoms with Gasteiger partial charge >= 0.3 is 5.97 Å². The van der Waals surface area contributed by atoms with Gasteiger partial charge in [0.15, 0.2) is 0 Å². The third-order valence-electron chi connectivity index (χ3n) is 3.80. The lowest BCUT2D eigenvalue weighted by Gasteiger charge is -2.01. The second-order valence-corrected chi connectivity index (χ2v) is 5.90. The van der Waals surface area contributed by atoms with Crippen molar-refractivity contribution in [2.45, 2.75) is 13.0 Å². The quantitative estimate of drug-likeness (QED) is 0.275. The largest absolute Gasteiger partial charge is 0.479 e. The molecule has 9 N–H and O–H groups in total. The number of nitrogens with two attached hydrogens (primary N) is 2. The van der Waals surface area contributed by atoms with Crippen molar-refractivity contribution in [2.24, 2.45) is 11.5 Å². The number of nitrogen functional groups attached to an aromatic ring is 2. The molecule has 0 bridgehead atoms. The van der Waals surface area contributed by atoms with E-state index in [0.717, 1.165) is 22.2 Å². The van der Waals surface area contributed by atoms with Gasteiger partial charge in [0.25, 0.3) is 0 Å². The van der Waals surface area contributed by atoms with Crippen LogP contribution in [0.25, 0.3) is 22.2 Å². The maximum absolute atomic E-state index is 9.45. The second kappa shape index (κ2) is 8.15. The zero-order valence-corrected chi connectivity index (χ0v) is 14.7. The number of aliphatic hydroxyl groups is 1. The molecule has 27 heavy (non-hydrogen) atoms. The summed E-state index contributed by atoms with van der Waals surface area (Å²) in [6.07, 6.45) is -1.23. The van der Waals surface area contributed by atoms with Crippen molar-refractivity contribution in [3.05, 3.63) is 59.7 Å². The van der Waals surface area contributed by atoms with Gasteiger partial charge in [-0.25, -0.2) is 4.79 Å². The van der Waals surface area contributed by atoms with E-state index in [1.807, 2.05) is 48.5 Å². The summed E-state index contributed by atoms with van der Waals surface area (Å²) in [5.41, 5.74) is 15.3. The Morgan fingerprint density at radius 3 is 2.00 bits per heavy atom. The van der Waals surface area contributed by atoms with E-state index >= 15 is 0 Å². The molecule has 0 aliphatic rings. The second-order valence-electron chi connectivity index (χ2n) is 5.90. The Kier molecular flexibility index (Phi) is 5.94. The van der Waals surface area contributed by atoms with Crippen LogP contribution in [0.3, 0.4) is 0 Å². The fourth-order valence-electron chi connectivity index (χ4n) is 2.28. The highest BCUT2D eigenvalue weighted by atomic mass is 16.4. The number of carboxylic acids is 1. The van der Waals surface area contributed by atoms with E-state index < -0.39 is 12.1 Å². The first kappa shape index (κ1) is 19.7. The van der Waals surface area contributed by atoms with Gasteiger partial charge in [-0.2, -0.15) is 0 Å². The normalized spacial score (nSPS) is 11.3. The standard InChI is InChI=1S/C16H15N5.C3H6O3/c17-15(18)10-3-1-9(2-4-10)13-7-11-5-6-12(16(19)20)8-14(11)21-13;1-2(4)3(5)6/h1-8,21H,(H3,17,18)(H3,19,20);2,4H,1H3,(H,5,6). The highest BCUT2D eigenvalue weighted by Gasteiger charge is 2.06. The van der Waals surface area contributed by atoms with Crippen molar-refractivity contribution in [2.75, 3.05) is 0 Å². The molecular weight excluding hydrogens is 346 g/mol. The van der Waals surface area contributed by atoms with Crippen LogP contribution in [-0.2, 0) is 4.79 Å². The zero-order valence-electron chi connectivity index (χ0n) is 14.7. The number of aliphatic carboxylic acids is 1. The highest BCUT2D eigenvalue weighted by Crippen LogP contribution is 2.25. The first-order valence-corrected chi connectivity index (χ1v) is 8.02. The molecule has 0 aliphatic heterocycles. The van der Waals surface area contributed by atoms with Gasteiger partial charge in [0.1, 0.15) is 17.8 Å². The lowest BCUT2D eigenvalue weighted by molar-refractivity contribution is -0.145. The molecule has 8 nitrogen and oxygen atoms in total. The van der Waals surface area contributed by atoms with Crippen molar-refractivity contribution in [3.8, 4) is 11.3 Å².